The fraction of sp³-hybridized carbons (Fsp3) is 0. The van der Waals surface area contributed by atoms with Gasteiger partial charge in [0, 0.05) is 5.56 Å². The number of aromatic amines is 1. The number of halogens is 2. The Labute approximate surface area is 84.7 Å². The molecule has 2 rings (SSSR count). The van der Waals surface area contributed by atoms with E-state index >= 15 is 0 Å². The topological polar surface area (TPSA) is 54.7 Å². The van der Waals surface area contributed by atoms with Crippen LogP contribution in [-0.4, -0.2) is 10.2 Å². The smallest absolute Gasteiger partial charge is 0.123 e. The van der Waals surface area contributed by atoms with E-state index in [4.69, 9.17) is 17.3 Å². The highest BCUT2D eigenvalue weighted by Crippen LogP contribution is 2.30. The Balaban J connectivity index is 2.62. The van der Waals surface area contributed by atoms with E-state index in [2.05, 4.69) is 10.2 Å². The second kappa shape index (κ2) is 3.31. The molecule has 0 saturated heterocycles. The molecule has 0 spiro atoms. The van der Waals surface area contributed by atoms with Gasteiger partial charge in [0.25, 0.3) is 0 Å². The fourth-order valence-electron chi connectivity index (χ4n) is 1.20. The van der Waals surface area contributed by atoms with Crippen LogP contribution in [0, 0.1) is 5.82 Å². The molecule has 14 heavy (non-hydrogen) atoms. The predicted molar refractivity (Wildman–Crippen MR) is 53.4 cm³/mol. The van der Waals surface area contributed by atoms with Crippen LogP contribution in [-0.2, 0) is 0 Å². The summed E-state index contributed by atoms with van der Waals surface area (Å²) in [6, 6.07) is 4.08. The molecule has 0 unspecified atom stereocenters. The molecule has 3 N–H and O–H groups in total. The van der Waals surface area contributed by atoms with Gasteiger partial charge in [0.1, 0.15) is 5.82 Å². The first-order valence-electron chi connectivity index (χ1n) is 3.93. The molecule has 0 fully saturated rings. The molecule has 1 heterocycles. The van der Waals surface area contributed by atoms with Gasteiger partial charge in [-0.25, -0.2) is 4.39 Å². The molecule has 3 nitrogen and oxygen atoms in total. The van der Waals surface area contributed by atoms with Crippen molar-refractivity contribution in [2.45, 2.75) is 0 Å². The molecule has 0 aliphatic carbocycles. The highest BCUT2D eigenvalue weighted by atomic mass is 35.5. The summed E-state index contributed by atoms with van der Waals surface area (Å²) in [5, 5.41) is 6.83. The van der Waals surface area contributed by atoms with Crippen LogP contribution in [0.3, 0.4) is 0 Å². The normalized spacial score (nSPS) is 10.4. The molecule has 2 aromatic rings. The lowest BCUT2D eigenvalue weighted by Crippen LogP contribution is -1.88. The molecule has 5 heteroatoms. The number of nitrogens with two attached hydrogens (primary N) is 1. The van der Waals surface area contributed by atoms with Crippen molar-refractivity contribution in [3.8, 4) is 11.3 Å². The minimum atomic E-state index is -0.363. The number of benzene rings is 1. The number of hydrogen-bond acceptors (Lipinski definition) is 2. The molecule has 0 atom stereocenters. The van der Waals surface area contributed by atoms with Gasteiger partial charge >= 0.3 is 0 Å². The highest BCUT2D eigenvalue weighted by molar-refractivity contribution is 6.33. The largest absolute Gasteiger partial charge is 0.396 e. The third kappa shape index (κ3) is 1.44. The minimum Gasteiger partial charge on any atom is -0.396 e. The summed E-state index contributed by atoms with van der Waals surface area (Å²) in [5.74, 6) is -0.363. The Bertz CT molecular complexity index is 467. The lowest BCUT2D eigenvalue weighted by molar-refractivity contribution is 0.628. The Hall–Kier alpha value is -1.55. The van der Waals surface area contributed by atoms with Crippen LogP contribution < -0.4 is 5.73 Å². The van der Waals surface area contributed by atoms with Crippen LogP contribution in [0.1, 0.15) is 0 Å². The maximum absolute atomic E-state index is 12.9. The fourth-order valence-corrected chi connectivity index (χ4v) is 1.41. The Kier molecular flexibility index (Phi) is 2.13. The van der Waals surface area contributed by atoms with Gasteiger partial charge in [-0.1, -0.05) is 11.6 Å². The van der Waals surface area contributed by atoms with Gasteiger partial charge in [0.15, 0.2) is 0 Å². The van der Waals surface area contributed by atoms with Crippen molar-refractivity contribution in [1.29, 1.82) is 0 Å². The first kappa shape index (κ1) is 9.02. The molecule has 0 radical (unpaired) electrons. The average molecular weight is 212 g/mol. The van der Waals surface area contributed by atoms with Crippen LogP contribution in [0.2, 0.25) is 5.02 Å². The first-order chi connectivity index (χ1) is 6.68. The minimum absolute atomic E-state index is 0.363. The second-order valence-electron chi connectivity index (χ2n) is 2.82. The molecule has 0 saturated carbocycles. The number of nitrogens with one attached hydrogen (secondary N) is 1. The average Bonchev–Trinajstić information content (AvgIpc) is 2.56. The van der Waals surface area contributed by atoms with Crippen LogP contribution in [0.25, 0.3) is 11.3 Å². The summed E-state index contributed by atoms with van der Waals surface area (Å²) in [6.45, 7) is 0. The number of nitrogens with zero attached hydrogens (tertiary/aromatic N) is 1. The van der Waals surface area contributed by atoms with Gasteiger partial charge in [-0.05, 0) is 18.2 Å². The van der Waals surface area contributed by atoms with Gasteiger partial charge in [0.2, 0.25) is 0 Å². The SMILES string of the molecule is Nc1cn[nH]c1-c1cc(F)ccc1Cl. The van der Waals surface area contributed by atoms with Gasteiger partial charge in [-0.15, -0.1) is 0 Å². The van der Waals surface area contributed by atoms with Gasteiger partial charge in [-0.2, -0.15) is 5.10 Å². The zero-order valence-corrected chi connectivity index (χ0v) is 7.85. The number of rotatable bonds is 1. The Morgan fingerprint density at radius 2 is 2.21 bits per heavy atom. The lowest BCUT2D eigenvalue weighted by atomic mass is 10.1. The summed E-state index contributed by atoms with van der Waals surface area (Å²) in [5.41, 5.74) is 7.11. The van der Waals surface area contributed by atoms with Crippen LogP contribution in [0.15, 0.2) is 24.4 Å². The molecule has 72 valence electrons. The van der Waals surface area contributed by atoms with Crippen LogP contribution in [0.4, 0.5) is 10.1 Å². The van der Waals surface area contributed by atoms with E-state index < -0.39 is 0 Å². The van der Waals surface area contributed by atoms with E-state index in [1.165, 1.54) is 24.4 Å². The van der Waals surface area contributed by atoms with Crippen molar-refractivity contribution >= 4 is 17.3 Å². The molecular formula is C9H7ClFN3. The van der Waals surface area contributed by atoms with E-state index in [1.807, 2.05) is 0 Å². The van der Waals surface area contributed by atoms with Gasteiger partial charge < -0.3 is 5.73 Å². The molecule has 0 aliphatic rings. The molecule has 1 aromatic heterocycles. The van der Waals surface area contributed by atoms with E-state index in [0.29, 0.717) is 22.0 Å². The molecule has 0 aliphatic heterocycles. The van der Waals surface area contributed by atoms with Crippen molar-refractivity contribution in [3.63, 3.8) is 0 Å². The lowest BCUT2D eigenvalue weighted by Gasteiger charge is -2.02. The summed E-state index contributed by atoms with van der Waals surface area (Å²) in [6.07, 6.45) is 1.45. The van der Waals surface area contributed by atoms with E-state index in [0.717, 1.165) is 0 Å². The van der Waals surface area contributed by atoms with E-state index in [-0.39, 0.29) is 5.82 Å². The number of aromatic nitrogens is 2. The van der Waals surface area contributed by atoms with Gasteiger partial charge in [-0.3, -0.25) is 5.10 Å². The first-order valence-corrected chi connectivity index (χ1v) is 4.30. The van der Waals surface area contributed by atoms with Crippen molar-refractivity contribution in [3.05, 3.63) is 35.2 Å². The summed E-state index contributed by atoms with van der Waals surface area (Å²) >= 11 is 5.89. The quantitative estimate of drug-likeness (QED) is 0.761. The molecule has 0 amide bonds. The third-order valence-electron chi connectivity index (χ3n) is 1.87. The maximum atomic E-state index is 12.9. The van der Waals surface area contributed by atoms with Crippen LogP contribution in [0.5, 0.6) is 0 Å². The van der Waals surface area contributed by atoms with Crippen molar-refractivity contribution in [2.24, 2.45) is 0 Å². The summed E-state index contributed by atoms with van der Waals surface area (Å²) in [7, 11) is 0. The summed E-state index contributed by atoms with van der Waals surface area (Å²) < 4.78 is 12.9. The Morgan fingerprint density at radius 1 is 1.43 bits per heavy atom. The number of hydrogen-bond donors (Lipinski definition) is 2. The Morgan fingerprint density at radius 3 is 2.86 bits per heavy atom. The van der Waals surface area contributed by atoms with E-state index in [1.54, 1.807) is 0 Å². The zero-order valence-electron chi connectivity index (χ0n) is 7.09. The maximum Gasteiger partial charge on any atom is 0.123 e. The zero-order chi connectivity index (χ0) is 10.1. The van der Waals surface area contributed by atoms with Crippen molar-refractivity contribution in [1.82, 2.24) is 10.2 Å². The number of H-pyrrole nitrogens is 1. The molecule has 1 aromatic carbocycles. The highest BCUT2D eigenvalue weighted by Gasteiger charge is 2.09. The molecular weight excluding hydrogens is 205 g/mol. The van der Waals surface area contributed by atoms with Crippen molar-refractivity contribution in [2.75, 3.05) is 5.73 Å². The standard InChI is InChI=1S/C9H7ClFN3/c10-7-2-1-5(11)3-6(7)9-8(12)4-13-14-9/h1-4H,12H2,(H,13,14). The van der Waals surface area contributed by atoms with Crippen LogP contribution >= 0.6 is 11.6 Å². The van der Waals surface area contributed by atoms with Crippen molar-refractivity contribution < 1.29 is 4.39 Å². The van der Waals surface area contributed by atoms with E-state index in [9.17, 15) is 4.39 Å². The predicted octanol–water partition coefficient (Wildman–Crippen LogP) is 2.45. The third-order valence-corrected chi connectivity index (χ3v) is 2.20. The monoisotopic (exact) mass is 211 g/mol. The summed E-state index contributed by atoms with van der Waals surface area (Å²) in [4.78, 5) is 0. The second-order valence-corrected chi connectivity index (χ2v) is 3.23. The number of anilines is 1. The molecule has 0 bridgehead atoms. The van der Waals surface area contributed by atoms with Gasteiger partial charge in [0.05, 0.1) is 22.6 Å². The number of nitrogen functional groups attached to an aromatic ring is 1.